The Morgan fingerprint density at radius 3 is 2.70 bits per heavy atom. The summed E-state index contributed by atoms with van der Waals surface area (Å²) in [5.74, 6) is 1.62. The predicted molar refractivity (Wildman–Crippen MR) is 85.0 cm³/mol. The second kappa shape index (κ2) is 7.77. The first-order valence-corrected chi connectivity index (χ1v) is 8.60. The van der Waals surface area contributed by atoms with Gasteiger partial charge in [0.05, 0.1) is 0 Å². The molecule has 2 fully saturated rings. The summed E-state index contributed by atoms with van der Waals surface area (Å²) in [5.41, 5.74) is 0.449. The van der Waals surface area contributed by atoms with Crippen LogP contribution in [0.4, 0.5) is 0 Å². The molecule has 2 aliphatic heterocycles. The second-order valence-corrected chi connectivity index (χ2v) is 7.62. The van der Waals surface area contributed by atoms with Gasteiger partial charge in [0, 0.05) is 32.8 Å². The SMILES string of the molecule is CC(C)CNCC1(CN2CCCC(C)C2)CCOCC1. The summed E-state index contributed by atoms with van der Waals surface area (Å²) >= 11 is 0. The highest BCUT2D eigenvalue weighted by Crippen LogP contribution is 2.32. The Hall–Kier alpha value is -0.120. The molecule has 2 aliphatic rings. The third-order valence-corrected chi connectivity index (χ3v) is 4.91. The van der Waals surface area contributed by atoms with Crippen LogP contribution in [-0.2, 0) is 4.74 Å². The van der Waals surface area contributed by atoms with Gasteiger partial charge in [0.15, 0.2) is 0 Å². The zero-order chi connectivity index (χ0) is 14.4. The lowest BCUT2D eigenvalue weighted by molar-refractivity contribution is -0.0105. The minimum absolute atomic E-state index is 0.449. The van der Waals surface area contributed by atoms with Crippen molar-refractivity contribution in [1.82, 2.24) is 10.2 Å². The predicted octanol–water partition coefficient (Wildman–Crippen LogP) is 2.76. The molecule has 0 aromatic heterocycles. The van der Waals surface area contributed by atoms with Crippen molar-refractivity contribution in [3.8, 4) is 0 Å². The Morgan fingerprint density at radius 2 is 2.05 bits per heavy atom. The van der Waals surface area contributed by atoms with E-state index in [0.717, 1.165) is 31.6 Å². The summed E-state index contributed by atoms with van der Waals surface area (Å²) in [6.45, 7) is 15.1. The van der Waals surface area contributed by atoms with Crippen LogP contribution < -0.4 is 5.32 Å². The highest BCUT2D eigenvalue weighted by atomic mass is 16.5. The maximum atomic E-state index is 5.62. The Balaban J connectivity index is 1.88. The largest absolute Gasteiger partial charge is 0.381 e. The zero-order valence-electron chi connectivity index (χ0n) is 13.8. The van der Waals surface area contributed by atoms with Gasteiger partial charge in [0.25, 0.3) is 0 Å². The Bertz CT molecular complexity index is 274. The molecule has 0 aromatic carbocycles. The van der Waals surface area contributed by atoms with Gasteiger partial charge in [-0.15, -0.1) is 0 Å². The van der Waals surface area contributed by atoms with Gasteiger partial charge in [-0.05, 0) is 56.0 Å². The summed E-state index contributed by atoms with van der Waals surface area (Å²) in [7, 11) is 0. The average molecular weight is 282 g/mol. The Kier molecular flexibility index (Phi) is 6.31. The van der Waals surface area contributed by atoms with E-state index in [1.165, 1.54) is 51.9 Å². The van der Waals surface area contributed by atoms with Gasteiger partial charge in [-0.2, -0.15) is 0 Å². The fourth-order valence-electron chi connectivity index (χ4n) is 3.73. The molecule has 20 heavy (non-hydrogen) atoms. The minimum Gasteiger partial charge on any atom is -0.381 e. The normalized spacial score (nSPS) is 27.9. The first-order chi connectivity index (χ1) is 9.60. The van der Waals surface area contributed by atoms with Crippen LogP contribution in [0.15, 0.2) is 0 Å². The van der Waals surface area contributed by atoms with E-state index in [1.807, 2.05) is 0 Å². The molecule has 0 radical (unpaired) electrons. The van der Waals surface area contributed by atoms with Gasteiger partial charge < -0.3 is 15.0 Å². The van der Waals surface area contributed by atoms with Crippen molar-refractivity contribution in [2.75, 3.05) is 45.9 Å². The topological polar surface area (TPSA) is 24.5 Å². The molecule has 3 nitrogen and oxygen atoms in total. The van der Waals surface area contributed by atoms with Gasteiger partial charge in [-0.3, -0.25) is 0 Å². The maximum absolute atomic E-state index is 5.62. The van der Waals surface area contributed by atoms with E-state index in [9.17, 15) is 0 Å². The van der Waals surface area contributed by atoms with Crippen LogP contribution in [0.25, 0.3) is 0 Å². The molecule has 1 atom stereocenters. The third-order valence-electron chi connectivity index (χ3n) is 4.91. The molecule has 2 heterocycles. The monoisotopic (exact) mass is 282 g/mol. The van der Waals surface area contributed by atoms with Crippen LogP contribution >= 0.6 is 0 Å². The number of hydrogen-bond donors (Lipinski definition) is 1. The molecular formula is C17H34N2O. The molecule has 2 saturated heterocycles. The smallest absolute Gasteiger partial charge is 0.0472 e. The summed E-state index contributed by atoms with van der Waals surface area (Å²) < 4.78 is 5.62. The van der Waals surface area contributed by atoms with Crippen LogP contribution in [0.2, 0.25) is 0 Å². The van der Waals surface area contributed by atoms with E-state index in [2.05, 4.69) is 31.0 Å². The molecule has 0 saturated carbocycles. The molecular weight excluding hydrogens is 248 g/mol. The number of piperidine rings is 1. The zero-order valence-corrected chi connectivity index (χ0v) is 13.8. The van der Waals surface area contributed by atoms with Crippen LogP contribution in [0.5, 0.6) is 0 Å². The van der Waals surface area contributed by atoms with E-state index in [0.29, 0.717) is 5.41 Å². The van der Waals surface area contributed by atoms with Crippen molar-refractivity contribution in [3.05, 3.63) is 0 Å². The Labute approximate surface area is 125 Å². The fraction of sp³-hybridized carbons (Fsp3) is 1.00. The fourth-order valence-corrected chi connectivity index (χ4v) is 3.73. The number of nitrogens with zero attached hydrogens (tertiary/aromatic N) is 1. The molecule has 0 bridgehead atoms. The number of ether oxygens (including phenoxy) is 1. The van der Waals surface area contributed by atoms with E-state index >= 15 is 0 Å². The van der Waals surface area contributed by atoms with Crippen molar-refractivity contribution >= 4 is 0 Å². The molecule has 0 spiro atoms. The van der Waals surface area contributed by atoms with E-state index in [4.69, 9.17) is 4.74 Å². The molecule has 3 heteroatoms. The summed E-state index contributed by atoms with van der Waals surface area (Å²) in [6.07, 6.45) is 5.25. The highest BCUT2D eigenvalue weighted by molar-refractivity contribution is 4.88. The molecule has 0 aromatic rings. The first kappa shape index (κ1) is 16.3. The Morgan fingerprint density at radius 1 is 1.30 bits per heavy atom. The van der Waals surface area contributed by atoms with Gasteiger partial charge >= 0.3 is 0 Å². The molecule has 0 aliphatic carbocycles. The second-order valence-electron chi connectivity index (χ2n) is 7.62. The number of likely N-dealkylation sites (tertiary alicyclic amines) is 1. The number of rotatable bonds is 6. The average Bonchev–Trinajstić information content (AvgIpc) is 2.39. The van der Waals surface area contributed by atoms with Crippen LogP contribution in [0.3, 0.4) is 0 Å². The van der Waals surface area contributed by atoms with Crippen molar-refractivity contribution in [1.29, 1.82) is 0 Å². The lowest BCUT2D eigenvalue weighted by Gasteiger charge is -2.43. The number of nitrogens with one attached hydrogen (secondary N) is 1. The van der Waals surface area contributed by atoms with Gasteiger partial charge in [0.1, 0.15) is 0 Å². The summed E-state index contributed by atoms with van der Waals surface area (Å²) in [5, 5.41) is 3.71. The lowest BCUT2D eigenvalue weighted by atomic mass is 9.78. The van der Waals surface area contributed by atoms with Crippen molar-refractivity contribution < 1.29 is 4.74 Å². The van der Waals surface area contributed by atoms with Gasteiger partial charge in [-0.1, -0.05) is 20.8 Å². The maximum Gasteiger partial charge on any atom is 0.0472 e. The first-order valence-electron chi connectivity index (χ1n) is 8.60. The van der Waals surface area contributed by atoms with Crippen LogP contribution in [0, 0.1) is 17.3 Å². The van der Waals surface area contributed by atoms with E-state index < -0.39 is 0 Å². The standard InChI is InChI=1S/C17H34N2O/c1-15(2)11-18-13-17(6-9-20-10-7-17)14-19-8-4-5-16(3)12-19/h15-16,18H,4-14H2,1-3H3. The van der Waals surface area contributed by atoms with E-state index in [-0.39, 0.29) is 0 Å². The van der Waals surface area contributed by atoms with E-state index in [1.54, 1.807) is 0 Å². The van der Waals surface area contributed by atoms with Gasteiger partial charge in [0.2, 0.25) is 0 Å². The van der Waals surface area contributed by atoms with Crippen LogP contribution in [-0.4, -0.2) is 50.8 Å². The lowest BCUT2D eigenvalue weighted by Crippen LogP contribution is -2.49. The molecule has 1 unspecified atom stereocenters. The van der Waals surface area contributed by atoms with Crippen molar-refractivity contribution in [3.63, 3.8) is 0 Å². The van der Waals surface area contributed by atoms with Gasteiger partial charge in [-0.25, -0.2) is 0 Å². The number of hydrogen-bond acceptors (Lipinski definition) is 3. The summed E-state index contributed by atoms with van der Waals surface area (Å²) in [4.78, 5) is 2.72. The van der Waals surface area contributed by atoms with Crippen molar-refractivity contribution in [2.45, 2.75) is 46.5 Å². The molecule has 118 valence electrons. The molecule has 1 N–H and O–H groups in total. The molecule has 0 amide bonds. The minimum atomic E-state index is 0.449. The molecule has 2 rings (SSSR count). The van der Waals surface area contributed by atoms with Crippen molar-refractivity contribution in [2.24, 2.45) is 17.3 Å². The summed E-state index contributed by atoms with van der Waals surface area (Å²) in [6, 6.07) is 0. The third kappa shape index (κ3) is 5.01. The van der Waals surface area contributed by atoms with Crippen LogP contribution in [0.1, 0.15) is 46.5 Å². The quantitative estimate of drug-likeness (QED) is 0.811. The highest BCUT2D eigenvalue weighted by Gasteiger charge is 2.35.